The summed E-state index contributed by atoms with van der Waals surface area (Å²) in [6.45, 7) is 2.54. The molecule has 0 saturated heterocycles. The minimum Gasteiger partial charge on any atom is -0.306 e. The van der Waals surface area contributed by atoms with Crippen LogP contribution in [0.25, 0.3) is 0 Å². The Morgan fingerprint density at radius 2 is 1.17 bits per heavy atom. The summed E-state index contributed by atoms with van der Waals surface area (Å²) in [4.78, 5) is 0. The minimum atomic E-state index is -3.10. The van der Waals surface area contributed by atoms with Crippen LogP contribution < -0.4 is 5.09 Å². The van der Waals surface area contributed by atoms with Crippen LogP contribution >= 0.6 is 18.1 Å². The van der Waals surface area contributed by atoms with Crippen LogP contribution in [0.4, 0.5) is 0 Å². The predicted molar refractivity (Wildman–Crippen MR) is 103 cm³/mol. The molecule has 5 heteroatoms. The molecule has 0 amide bonds. The minimum absolute atomic E-state index is 0.499. The fourth-order valence-corrected chi connectivity index (χ4v) is 3.92. The van der Waals surface area contributed by atoms with E-state index in [1.165, 1.54) is 70.6 Å². The van der Waals surface area contributed by atoms with Gasteiger partial charge in [0.15, 0.2) is 0 Å². The van der Waals surface area contributed by atoms with E-state index in [0.29, 0.717) is 13.2 Å². The predicted octanol–water partition coefficient (Wildman–Crippen LogP) is 7.44. The van der Waals surface area contributed by atoms with Gasteiger partial charge in [-0.05, 0) is 24.1 Å². The SMILES string of the molecule is CCCCCCCCCNP(=O)(Cl)OCCCCCCCCC. The van der Waals surface area contributed by atoms with E-state index in [-0.39, 0.29) is 0 Å². The van der Waals surface area contributed by atoms with E-state index in [4.69, 9.17) is 15.8 Å². The van der Waals surface area contributed by atoms with Crippen molar-refractivity contribution >= 4 is 18.1 Å². The summed E-state index contributed by atoms with van der Waals surface area (Å²) < 4.78 is 17.3. The van der Waals surface area contributed by atoms with Gasteiger partial charge in [0.1, 0.15) is 0 Å². The van der Waals surface area contributed by atoms with E-state index in [1.807, 2.05) is 0 Å². The lowest BCUT2D eigenvalue weighted by atomic mass is 10.1. The molecule has 1 unspecified atom stereocenters. The number of unbranched alkanes of at least 4 members (excludes halogenated alkanes) is 12. The van der Waals surface area contributed by atoms with Crippen molar-refractivity contribution in [2.24, 2.45) is 0 Å². The molecule has 140 valence electrons. The van der Waals surface area contributed by atoms with Crippen molar-refractivity contribution in [3.05, 3.63) is 0 Å². The highest BCUT2D eigenvalue weighted by atomic mass is 35.7. The Balaban J connectivity index is 3.35. The molecule has 23 heavy (non-hydrogen) atoms. The number of halogens is 1. The van der Waals surface area contributed by atoms with E-state index in [1.54, 1.807) is 0 Å². The highest BCUT2D eigenvalue weighted by Crippen LogP contribution is 2.47. The zero-order valence-corrected chi connectivity index (χ0v) is 17.1. The van der Waals surface area contributed by atoms with Crippen molar-refractivity contribution in [3.63, 3.8) is 0 Å². The lowest BCUT2D eigenvalue weighted by Crippen LogP contribution is -2.11. The first-order valence-electron chi connectivity index (χ1n) is 9.81. The van der Waals surface area contributed by atoms with Crippen LogP contribution in [-0.2, 0) is 9.09 Å². The topological polar surface area (TPSA) is 38.3 Å². The van der Waals surface area contributed by atoms with Gasteiger partial charge in [-0.15, -0.1) is 0 Å². The lowest BCUT2D eigenvalue weighted by molar-refractivity contribution is 0.304. The third kappa shape index (κ3) is 18.6. The standard InChI is InChI=1S/C18H39ClNO2P/c1-3-5-7-9-11-13-15-17-20-23(19,21)22-18-16-14-12-10-8-6-4-2/h3-18H2,1-2H3,(H,20,21). The van der Waals surface area contributed by atoms with E-state index in [0.717, 1.165) is 19.3 Å². The molecule has 1 atom stereocenters. The molecule has 0 rings (SSSR count). The van der Waals surface area contributed by atoms with Gasteiger partial charge in [0, 0.05) is 6.54 Å². The molecule has 0 heterocycles. The van der Waals surface area contributed by atoms with Gasteiger partial charge in [0.2, 0.25) is 0 Å². The monoisotopic (exact) mass is 367 g/mol. The van der Waals surface area contributed by atoms with Crippen LogP contribution in [0.5, 0.6) is 0 Å². The van der Waals surface area contributed by atoms with Gasteiger partial charge in [0.25, 0.3) is 0 Å². The average Bonchev–Trinajstić information content (AvgIpc) is 2.52. The molecule has 0 fully saturated rings. The second-order valence-corrected chi connectivity index (χ2v) is 9.33. The Morgan fingerprint density at radius 1 is 0.739 bits per heavy atom. The fraction of sp³-hybridized carbons (Fsp3) is 1.00. The van der Waals surface area contributed by atoms with Gasteiger partial charge < -0.3 is 4.52 Å². The molecule has 0 spiro atoms. The molecular formula is C18H39ClNO2P. The largest absolute Gasteiger partial charge is 0.360 e. The first kappa shape index (κ1) is 23.4. The van der Waals surface area contributed by atoms with Gasteiger partial charge in [-0.2, -0.15) is 0 Å². The molecule has 0 aliphatic carbocycles. The maximum absolute atomic E-state index is 12.0. The first-order valence-corrected chi connectivity index (χ1v) is 12.3. The summed E-state index contributed by atoms with van der Waals surface area (Å²) in [5.41, 5.74) is 0. The summed E-state index contributed by atoms with van der Waals surface area (Å²) in [7, 11) is 0. The summed E-state index contributed by atoms with van der Waals surface area (Å²) in [5.74, 6) is 0. The lowest BCUT2D eigenvalue weighted by Gasteiger charge is -2.12. The Labute approximate surface area is 149 Å². The Morgan fingerprint density at radius 3 is 1.70 bits per heavy atom. The van der Waals surface area contributed by atoms with Crippen molar-refractivity contribution in [3.8, 4) is 0 Å². The third-order valence-corrected chi connectivity index (χ3v) is 5.85. The van der Waals surface area contributed by atoms with Crippen LogP contribution in [0.15, 0.2) is 0 Å². The first-order chi connectivity index (χ1) is 11.1. The molecule has 0 saturated carbocycles. The molecule has 0 aliphatic heterocycles. The highest BCUT2D eigenvalue weighted by molar-refractivity contribution is 7.83. The normalized spacial score (nSPS) is 14.0. The number of nitrogens with one attached hydrogen (secondary N) is 1. The third-order valence-electron chi connectivity index (χ3n) is 4.09. The molecule has 0 aromatic rings. The van der Waals surface area contributed by atoms with Crippen LogP contribution in [0.3, 0.4) is 0 Å². The number of hydrogen-bond acceptors (Lipinski definition) is 2. The van der Waals surface area contributed by atoms with Gasteiger partial charge >= 0.3 is 6.87 Å². The number of rotatable bonds is 18. The van der Waals surface area contributed by atoms with E-state index in [9.17, 15) is 4.57 Å². The molecule has 0 aliphatic rings. The van der Waals surface area contributed by atoms with E-state index in [2.05, 4.69) is 18.9 Å². The van der Waals surface area contributed by atoms with Gasteiger partial charge in [-0.1, -0.05) is 90.9 Å². The van der Waals surface area contributed by atoms with Gasteiger partial charge in [0.05, 0.1) is 6.61 Å². The summed E-state index contributed by atoms with van der Waals surface area (Å²) >= 11 is 5.92. The second-order valence-electron chi connectivity index (χ2n) is 6.46. The smallest absolute Gasteiger partial charge is 0.306 e. The Kier molecular flexibility index (Phi) is 17.6. The molecule has 0 bridgehead atoms. The van der Waals surface area contributed by atoms with E-state index < -0.39 is 6.87 Å². The zero-order valence-electron chi connectivity index (χ0n) is 15.5. The average molecular weight is 368 g/mol. The molecular weight excluding hydrogens is 329 g/mol. The van der Waals surface area contributed by atoms with Crippen molar-refractivity contribution < 1.29 is 9.09 Å². The van der Waals surface area contributed by atoms with Gasteiger partial charge in [-0.3, -0.25) is 4.57 Å². The molecule has 3 nitrogen and oxygen atoms in total. The van der Waals surface area contributed by atoms with Crippen LogP contribution in [-0.4, -0.2) is 13.2 Å². The van der Waals surface area contributed by atoms with Crippen LogP contribution in [0.1, 0.15) is 104 Å². The quantitative estimate of drug-likeness (QED) is 0.202. The Bertz CT molecular complexity index is 266. The van der Waals surface area contributed by atoms with Crippen molar-refractivity contribution in [1.29, 1.82) is 0 Å². The van der Waals surface area contributed by atoms with Crippen molar-refractivity contribution in [2.75, 3.05) is 13.2 Å². The molecule has 0 radical (unpaired) electrons. The molecule has 0 aromatic heterocycles. The van der Waals surface area contributed by atoms with Crippen LogP contribution in [0, 0.1) is 0 Å². The van der Waals surface area contributed by atoms with Gasteiger partial charge in [-0.25, -0.2) is 5.09 Å². The zero-order chi connectivity index (χ0) is 17.2. The maximum Gasteiger partial charge on any atom is 0.360 e. The highest BCUT2D eigenvalue weighted by Gasteiger charge is 2.17. The fourth-order valence-electron chi connectivity index (χ4n) is 2.58. The summed E-state index contributed by atoms with van der Waals surface area (Å²) in [6.07, 6.45) is 17.3. The second kappa shape index (κ2) is 17.3. The maximum atomic E-state index is 12.0. The van der Waals surface area contributed by atoms with E-state index >= 15 is 0 Å². The van der Waals surface area contributed by atoms with Crippen LogP contribution in [0.2, 0.25) is 0 Å². The van der Waals surface area contributed by atoms with Crippen molar-refractivity contribution in [1.82, 2.24) is 5.09 Å². The summed E-state index contributed by atoms with van der Waals surface area (Å²) in [6, 6.07) is 0. The van der Waals surface area contributed by atoms with Crippen molar-refractivity contribution in [2.45, 2.75) is 104 Å². The number of hydrogen-bond donors (Lipinski definition) is 1. The summed E-state index contributed by atoms with van der Waals surface area (Å²) in [5, 5.41) is 2.88. The molecule has 1 N–H and O–H groups in total. The Hall–Kier alpha value is 0.440. The molecule has 0 aromatic carbocycles.